The highest BCUT2D eigenvalue weighted by atomic mass is 35.5. The molecule has 204 valence electrons. The quantitative estimate of drug-likeness (QED) is 0.312. The number of H-pyrrole nitrogens is 1. The molecule has 0 saturated carbocycles. The van der Waals surface area contributed by atoms with E-state index in [2.05, 4.69) is 40.1 Å². The minimum absolute atomic E-state index is 0.0762. The molecule has 5 rings (SSSR count). The van der Waals surface area contributed by atoms with Gasteiger partial charge in [0.2, 0.25) is 5.91 Å². The first-order valence-corrected chi connectivity index (χ1v) is 13.5. The summed E-state index contributed by atoms with van der Waals surface area (Å²) in [6, 6.07) is 15.2. The van der Waals surface area contributed by atoms with Crippen molar-refractivity contribution in [3.8, 4) is 22.6 Å². The van der Waals surface area contributed by atoms with Gasteiger partial charge in [-0.15, -0.1) is 0 Å². The summed E-state index contributed by atoms with van der Waals surface area (Å²) in [7, 11) is 3.27. The predicted molar refractivity (Wildman–Crippen MR) is 156 cm³/mol. The number of hydrogen-bond acceptors (Lipinski definition) is 6. The number of pyridine rings is 1. The summed E-state index contributed by atoms with van der Waals surface area (Å²) >= 11 is 6.11. The molecule has 2 aromatic heterocycles. The highest BCUT2D eigenvalue weighted by molar-refractivity contribution is 6.30. The maximum absolute atomic E-state index is 13.7. The fourth-order valence-electron chi connectivity index (χ4n) is 5.18. The fourth-order valence-corrected chi connectivity index (χ4v) is 5.31. The van der Waals surface area contributed by atoms with Crippen molar-refractivity contribution in [3.05, 3.63) is 71.5 Å². The molecule has 0 radical (unpaired) electrons. The standard InChI is InChI=1S/C30H34ClN5O3/c1-19(2)34-27(20-5-8-22(31)9-6-20)30(37)36-15-13-35(14-16-36)28-23-11-12-32-29(23)33-18-24(28)21-7-10-25(38-3)26(17-21)39-4/h5-12,17-19,27,34H,13-16H2,1-4H3,(H,32,33)/t27-/m1/s1. The van der Waals surface area contributed by atoms with Gasteiger partial charge >= 0.3 is 0 Å². The van der Waals surface area contributed by atoms with Gasteiger partial charge in [0.15, 0.2) is 11.5 Å². The molecule has 1 aliphatic heterocycles. The van der Waals surface area contributed by atoms with Gasteiger partial charge in [-0.3, -0.25) is 10.1 Å². The Morgan fingerprint density at radius 1 is 1.00 bits per heavy atom. The smallest absolute Gasteiger partial charge is 0.244 e. The molecule has 0 spiro atoms. The van der Waals surface area contributed by atoms with E-state index >= 15 is 0 Å². The Labute approximate surface area is 233 Å². The van der Waals surface area contributed by atoms with Gasteiger partial charge < -0.3 is 24.3 Å². The Bertz CT molecular complexity index is 1450. The number of rotatable bonds is 8. The van der Waals surface area contributed by atoms with E-state index in [0.717, 1.165) is 33.4 Å². The minimum Gasteiger partial charge on any atom is -0.493 e. The van der Waals surface area contributed by atoms with Gasteiger partial charge in [0.25, 0.3) is 0 Å². The summed E-state index contributed by atoms with van der Waals surface area (Å²) in [5.41, 5.74) is 4.83. The Balaban J connectivity index is 1.42. The molecule has 3 heterocycles. The average molecular weight is 548 g/mol. The SMILES string of the molecule is COc1ccc(-c2cnc3[nH]ccc3c2N2CCN(C(=O)[C@H](NC(C)C)c3ccc(Cl)cc3)CC2)cc1OC. The zero-order valence-corrected chi connectivity index (χ0v) is 23.5. The maximum atomic E-state index is 13.7. The summed E-state index contributed by atoms with van der Waals surface area (Å²) in [6.07, 6.45) is 3.81. The van der Waals surface area contributed by atoms with Crippen LogP contribution in [0.3, 0.4) is 0 Å². The van der Waals surface area contributed by atoms with E-state index in [1.165, 1.54) is 0 Å². The monoisotopic (exact) mass is 547 g/mol. The number of carbonyl (C=O) groups excluding carboxylic acids is 1. The Morgan fingerprint density at radius 2 is 1.72 bits per heavy atom. The number of halogens is 1. The summed E-state index contributed by atoms with van der Waals surface area (Å²) in [5.74, 6) is 1.42. The van der Waals surface area contributed by atoms with Gasteiger partial charge in [-0.2, -0.15) is 0 Å². The maximum Gasteiger partial charge on any atom is 0.244 e. The van der Waals surface area contributed by atoms with Crippen molar-refractivity contribution >= 4 is 34.2 Å². The molecule has 9 heteroatoms. The lowest BCUT2D eigenvalue weighted by molar-refractivity contribution is -0.134. The van der Waals surface area contributed by atoms with E-state index < -0.39 is 6.04 Å². The third-order valence-corrected chi connectivity index (χ3v) is 7.36. The van der Waals surface area contributed by atoms with E-state index in [9.17, 15) is 4.79 Å². The van der Waals surface area contributed by atoms with Crippen molar-refractivity contribution in [3.63, 3.8) is 0 Å². The second-order valence-corrected chi connectivity index (χ2v) is 10.4. The molecule has 0 bridgehead atoms. The first-order valence-electron chi connectivity index (χ1n) is 13.1. The number of benzene rings is 2. The fraction of sp³-hybridized carbons (Fsp3) is 0.333. The molecule has 2 aromatic carbocycles. The topological polar surface area (TPSA) is 82.7 Å². The molecule has 1 atom stereocenters. The molecule has 1 aliphatic rings. The number of nitrogens with one attached hydrogen (secondary N) is 2. The van der Waals surface area contributed by atoms with Crippen LogP contribution in [0.15, 0.2) is 60.9 Å². The van der Waals surface area contributed by atoms with Gasteiger partial charge in [0.05, 0.1) is 19.9 Å². The van der Waals surface area contributed by atoms with Crippen LogP contribution in [0.4, 0.5) is 5.69 Å². The van der Waals surface area contributed by atoms with Crippen molar-refractivity contribution in [2.45, 2.75) is 25.9 Å². The van der Waals surface area contributed by atoms with Crippen molar-refractivity contribution in [1.29, 1.82) is 0 Å². The molecular formula is C30H34ClN5O3. The summed E-state index contributed by atoms with van der Waals surface area (Å²) in [5, 5.41) is 5.14. The molecular weight excluding hydrogens is 514 g/mol. The molecule has 1 amide bonds. The number of aromatic nitrogens is 2. The van der Waals surface area contributed by atoms with Gasteiger partial charge in [0.1, 0.15) is 11.7 Å². The van der Waals surface area contributed by atoms with E-state index in [4.69, 9.17) is 21.1 Å². The lowest BCUT2D eigenvalue weighted by atomic mass is 10.0. The van der Waals surface area contributed by atoms with Crippen LogP contribution in [0.2, 0.25) is 5.02 Å². The second kappa shape index (κ2) is 11.6. The molecule has 1 saturated heterocycles. The van der Waals surface area contributed by atoms with E-state index in [1.54, 1.807) is 14.2 Å². The lowest BCUT2D eigenvalue weighted by Crippen LogP contribution is -2.52. The summed E-state index contributed by atoms with van der Waals surface area (Å²) < 4.78 is 11.0. The number of nitrogens with zero attached hydrogens (tertiary/aromatic N) is 3. The zero-order valence-electron chi connectivity index (χ0n) is 22.7. The number of ether oxygens (including phenoxy) is 2. The molecule has 0 unspecified atom stereocenters. The third kappa shape index (κ3) is 5.53. The first kappa shape index (κ1) is 26.8. The molecule has 1 fully saturated rings. The van der Waals surface area contributed by atoms with Gasteiger partial charge in [-0.25, -0.2) is 4.98 Å². The van der Waals surface area contributed by atoms with E-state index in [0.29, 0.717) is 42.7 Å². The van der Waals surface area contributed by atoms with E-state index in [-0.39, 0.29) is 11.9 Å². The Morgan fingerprint density at radius 3 is 2.38 bits per heavy atom. The highest BCUT2D eigenvalue weighted by Gasteiger charge is 2.30. The van der Waals surface area contributed by atoms with Crippen LogP contribution >= 0.6 is 11.6 Å². The highest BCUT2D eigenvalue weighted by Crippen LogP contribution is 2.40. The summed E-state index contributed by atoms with van der Waals surface area (Å²) in [4.78, 5) is 25.9. The second-order valence-electron chi connectivity index (χ2n) is 9.95. The van der Waals surface area contributed by atoms with Gasteiger partial charge in [-0.05, 0) is 55.3 Å². The van der Waals surface area contributed by atoms with Gasteiger partial charge in [0, 0.05) is 60.6 Å². The number of carbonyl (C=O) groups is 1. The molecule has 4 aromatic rings. The number of amides is 1. The number of fused-ring (bicyclic) bond motifs is 1. The van der Waals surface area contributed by atoms with Crippen molar-refractivity contribution < 1.29 is 14.3 Å². The van der Waals surface area contributed by atoms with Crippen LogP contribution in [0.5, 0.6) is 11.5 Å². The molecule has 8 nitrogen and oxygen atoms in total. The lowest BCUT2D eigenvalue weighted by Gasteiger charge is -2.39. The number of anilines is 1. The predicted octanol–water partition coefficient (Wildman–Crippen LogP) is 5.29. The summed E-state index contributed by atoms with van der Waals surface area (Å²) in [6.45, 7) is 6.73. The van der Waals surface area contributed by atoms with Crippen molar-refractivity contribution in [2.24, 2.45) is 0 Å². The van der Waals surface area contributed by atoms with Crippen LogP contribution in [-0.2, 0) is 4.79 Å². The van der Waals surface area contributed by atoms with E-state index in [1.807, 2.05) is 59.8 Å². The molecule has 0 aliphatic carbocycles. The average Bonchev–Trinajstić information content (AvgIpc) is 3.44. The zero-order chi connectivity index (χ0) is 27.5. The minimum atomic E-state index is -0.423. The van der Waals surface area contributed by atoms with Crippen molar-refractivity contribution in [2.75, 3.05) is 45.3 Å². The van der Waals surface area contributed by atoms with Crippen LogP contribution in [0, 0.1) is 0 Å². The van der Waals surface area contributed by atoms with Crippen LogP contribution in [-0.4, -0.2) is 67.2 Å². The number of piperazine rings is 1. The van der Waals surface area contributed by atoms with Crippen LogP contribution in [0.1, 0.15) is 25.5 Å². The van der Waals surface area contributed by atoms with Gasteiger partial charge in [-0.1, -0.05) is 29.8 Å². The van der Waals surface area contributed by atoms with Crippen LogP contribution in [0.25, 0.3) is 22.2 Å². The number of aromatic amines is 1. The normalized spacial score (nSPS) is 14.6. The van der Waals surface area contributed by atoms with Crippen molar-refractivity contribution in [1.82, 2.24) is 20.2 Å². The third-order valence-electron chi connectivity index (χ3n) is 7.11. The van der Waals surface area contributed by atoms with Crippen LogP contribution < -0.4 is 19.7 Å². The number of methoxy groups -OCH3 is 2. The Hall–Kier alpha value is -3.75. The molecule has 39 heavy (non-hydrogen) atoms. The number of hydrogen-bond donors (Lipinski definition) is 2. The Kier molecular flexibility index (Phi) is 7.95. The first-order chi connectivity index (χ1) is 18.9. The molecule has 2 N–H and O–H groups in total. The largest absolute Gasteiger partial charge is 0.493 e.